The maximum Gasteiger partial charge on any atom is 0.229 e. The van der Waals surface area contributed by atoms with Crippen LogP contribution in [0.15, 0.2) is 24.3 Å². The van der Waals surface area contributed by atoms with Crippen molar-refractivity contribution in [2.24, 2.45) is 0 Å². The average Bonchev–Trinajstić information content (AvgIpc) is 3.15. The second kappa shape index (κ2) is 9.24. The van der Waals surface area contributed by atoms with E-state index in [-0.39, 0.29) is 13.2 Å². The van der Waals surface area contributed by atoms with Crippen molar-refractivity contribution in [1.82, 2.24) is 19.9 Å². The number of ether oxygens (including phenoxy) is 1. The van der Waals surface area contributed by atoms with Crippen LogP contribution in [0.25, 0.3) is 11.2 Å². The Bertz CT molecular complexity index is 982. The van der Waals surface area contributed by atoms with Crippen LogP contribution in [0.3, 0.4) is 0 Å². The maximum absolute atomic E-state index is 9.43. The average molecular weight is 415 g/mol. The Balaban J connectivity index is 1.75. The largest absolute Gasteiger partial charge is 0.444 e. The number of rotatable bonds is 8. The van der Waals surface area contributed by atoms with Crippen molar-refractivity contribution in [2.75, 3.05) is 67.7 Å². The first-order valence-corrected chi connectivity index (χ1v) is 10.2. The van der Waals surface area contributed by atoms with E-state index in [1.807, 2.05) is 30.0 Å². The molecule has 1 aliphatic rings. The fourth-order valence-electron chi connectivity index (χ4n) is 3.55. The highest BCUT2D eigenvalue weighted by Gasteiger charge is 2.23. The number of morpholine rings is 1. The fraction of sp³-hybridized carbons (Fsp3) is 0.450. The molecule has 0 radical (unpaired) electrons. The van der Waals surface area contributed by atoms with E-state index in [0.29, 0.717) is 30.6 Å². The molecule has 1 saturated heterocycles. The van der Waals surface area contributed by atoms with Crippen LogP contribution in [0.2, 0.25) is 0 Å². The number of aromatic nitrogens is 4. The molecule has 160 valence electrons. The number of benzene rings is 1. The van der Waals surface area contributed by atoms with Gasteiger partial charge in [-0.1, -0.05) is 12.1 Å². The van der Waals surface area contributed by atoms with Crippen LogP contribution in [0.1, 0.15) is 5.56 Å². The van der Waals surface area contributed by atoms with Gasteiger partial charge in [0, 0.05) is 12.2 Å². The molecule has 1 aliphatic heterocycles. The summed E-state index contributed by atoms with van der Waals surface area (Å²) in [5.41, 5.74) is 3.42. The summed E-state index contributed by atoms with van der Waals surface area (Å²) in [5.74, 6) is 1.86. The van der Waals surface area contributed by atoms with Gasteiger partial charge in [0.1, 0.15) is 5.52 Å². The lowest BCUT2D eigenvalue weighted by atomic mass is 10.2. The lowest BCUT2D eigenvalue weighted by molar-refractivity contribution is -0.0438. The van der Waals surface area contributed by atoms with Crippen LogP contribution in [0.5, 0.6) is 0 Å². The number of nitrogens with zero attached hydrogens (tertiary/aromatic N) is 5. The van der Waals surface area contributed by atoms with Gasteiger partial charge < -0.3 is 35.1 Å². The lowest BCUT2D eigenvalue weighted by Crippen LogP contribution is -2.39. The first kappa shape index (κ1) is 20.3. The topological polar surface area (TPSA) is 129 Å². The zero-order chi connectivity index (χ0) is 20.9. The normalized spacial score (nSPS) is 14.3. The van der Waals surface area contributed by atoms with Crippen LogP contribution in [-0.2, 0) is 0 Å². The van der Waals surface area contributed by atoms with Crippen molar-refractivity contribution in [2.45, 2.75) is 6.92 Å². The van der Waals surface area contributed by atoms with Gasteiger partial charge in [0.15, 0.2) is 31.3 Å². The Labute approximate surface area is 174 Å². The van der Waals surface area contributed by atoms with Crippen molar-refractivity contribution in [3.63, 3.8) is 0 Å². The summed E-state index contributed by atoms with van der Waals surface area (Å²) in [6, 6.07) is 8.08. The summed E-state index contributed by atoms with van der Waals surface area (Å²) in [7, 11) is 0. The number of H-pyrrole nitrogens is 1. The summed E-state index contributed by atoms with van der Waals surface area (Å²) in [6.07, 6.45) is 0. The number of fused-ring (bicyclic) bond motifs is 1. The molecule has 1 fully saturated rings. The Morgan fingerprint density at radius 1 is 1.23 bits per heavy atom. The van der Waals surface area contributed by atoms with Gasteiger partial charge in [0.25, 0.3) is 0 Å². The van der Waals surface area contributed by atoms with Gasteiger partial charge in [-0.2, -0.15) is 15.0 Å². The van der Waals surface area contributed by atoms with Gasteiger partial charge in [-0.25, -0.2) is 0 Å². The molecule has 3 heterocycles. The first-order chi connectivity index (χ1) is 14.7. The molecule has 0 saturated carbocycles. The lowest BCUT2D eigenvalue weighted by Gasteiger charge is -2.27. The molecule has 0 amide bonds. The van der Waals surface area contributed by atoms with E-state index in [9.17, 15) is 5.11 Å². The summed E-state index contributed by atoms with van der Waals surface area (Å²) in [4.78, 5) is 21.4. The molecular weight excluding hydrogens is 386 g/mol. The Morgan fingerprint density at radius 2 is 2.07 bits per heavy atom. The number of aliphatic hydroxyl groups excluding tert-OH is 1. The number of aliphatic hydroxyl groups is 3. The smallest absolute Gasteiger partial charge is 0.229 e. The molecule has 4 rings (SSSR count). The molecule has 0 bridgehead atoms. The Kier molecular flexibility index (Phi) is 6.26. The van der Waals surface area contributed by atoms with Gasteiger partial charge >= 0.3 is 0 Å². The Hall–Kier alpha value is -2.95. The second-order valence-electron chi connectivity index (χ2n) is 7.24. The third-order valence-corrected chi connectivity index (χ3v) is 4.99. The van der Waals surface area contributed by atoms with Gasteiger partial charge in [-0.3, -0.25) is 0 Å². The predicted molar refractivity (Wildman–Crippen MR) is 118 cm³/mol. The minimum atomic E-state index is -0.0277. The van der Waals surface area contributed by atoms with Crippen LogP contribution in [0.4, 0.5) is 23.4 Å². The fourth-order valence-corrected chi connectivity index (χ4v) is 3.55. The highest BCUT2D eigenvalue weighted by atomic mass is 16.5. The zero-order valence-corrected chi connectivity index (χ0v) is 17.1. The van der Waals surface area contributed by atoms with Crippen LogP contribution < -0.4 is 15.1 Å². The van der Waals surface area contributed by atoms with Crippen molar-refractivity contribution in [3.05, 3.63) is 29.8 Å². The monoisotopic (exact) mass is 415 g/mol. The summed E-state index contributed by atoms with van der Waals surface area (Å²) < 4.78 is 4.43. The minimum absolute atomic E-state index is 0.0277. The van der Waals surface area contributed by atoms with Crippen LogP contribution in [-0.4, -0.2) is 87.5 Å². The van der Waals surface area contributed by atoms with Crippen molar-refractivity contribution >= 4 is 34.6 Å². The molecule has 0 atom stereocenters. The van der Waals surface area contributed by atoms with Gasteiger partial charge in [-0.05, 0) is 24.6 Å². The molecule has 10 nitrogen and oxygen atoms in total. The molecule has 3 aromatic rings. The minimum Gasteiger partial charge on any atom is -0.444 e. The number of nitrogens with one attached hydrogen (secondary N) is 2. The summed E-state index contributed by atoms with van der Waals surface area (Å²) >= 11 is 0. The van der Waals surface area contributed by atoms with E-state index >= 15 is 0 Å². The number of imidazole rings is 1. The molecule has 10 heteroatoms. The molecule has 0 unspecified atom stereocenters. The number of hydrogen-bond acceptors (Lipinski definition) is 7. The van der Waals surface area contributed by atoms with E-state index in [1.165, 1.54) is 0 Å². The van der Waals surface area contributed by atoms with E-state index < -0.39 is 0 Å². The van der Waals surface area contributed by atoms with Crippen LogP contribution >= 0.6 is 0 Å². The van der Waals surface area contributed by atoms with Gasteiger partial charge in [0.05, 0.1) is 26.2 Å². The maximum atomic E-state index is 9.43. The summed E-state index contributed by atoms with van der Waals surface area (Å²) in [5, 5.41) is 20.3. The van der Waals surface area contributed by atoms with Crippen molar-refractivity contribution < 1.29 is 14.9 Å². The molecule has 0 spiro atoms. The SMILES string of the molecule is Cc1cccc(Nc2nc3nc(N(CCO)CC[OH2+])nc(N4CC[OH+]CC4)c3[nH]2)c1. The standard InChI is InChI=1S/C20H27N7O3/c1-14-3-2-4-15(13-14)21-19-22-16-17(23-19)24-20(27(5-9-28)6-10-29)25-18(16)26-7-11-30-12-8-26/h2-4,13,28-29H,5-12H2,1H3,(H2,21,22,23,24,25)/p+2. The number of aryl methyl sites for hydroxylation is 1. The predicted octanol–water partition coefficient (Wildman–Crippen LogP) is 0.276. The molecule has 1 aromatic carbocycles. The zero-order valence-electron chi connectivity index (χ0n) is 17.1. The first-order valence-electron chi connectivity index (χ1n) is 10.2. The second-order valence-corrected chi connectivity index (χ2v) is 7.24. The van der Waals surface area contributed by atoms with Crippen molar-refractivity contribution in [1.29, 1.82) is 0 Å². The number of aromatic amines is 1. The Morgan fingerprint density at radius 3 is 2.80 bits per heavy atom. The third-order valence-electron chi connectivity index (χ3n) is 4.99. The third kappa shape index (κ3) is 4.45. The van der Waals surface area contributed by atoms with Gasteiger partial charge in [0.2, 0.25) is 11.9 Å². The molecular formula is C20H29N7O3+2. The number of anilines is 4. The molecule has 0 aliphatic carbocycles. The number of hydrogen-bond donors (Lipinski definition) is 3. The summed E-state index contributed by atoms with van der Waals surface area (Å²) in [6.45, 7) is 6.11. The van der Waals surface area contributed by atoms with Gasteiger partial charge in [-0.15, -0.1) is 0 Å². The van der Waals surface area contributed by atoms with Crippen LogP contribution in [0, 0.1) is 6.92 Å². The highest BCUT2D eigenvalue weighted by molar-refractivity contribution is 5.87. The van der Waals surface area contributed by atoms with E-state index in [4.69, 9.17) is 10.1 Å². The van der Waals surface area contributed by atoms with E-state index in [1.54, 1.807) is 0 Å². The molecule has 6 N–H and O–H groups in total. The van der Waals surface area contributed by atoms with E-state index in [0.717, 1.165) is 48.9 Å². The highest BCUT2D eigenvalue weighted by Crippen LogP contribution is 2.28. The molecule has 2 aromatic heterocycles. The molecule has 30 heavy (non-hydrogen) atoms. The van der Waals surface area contributed by atoms with E-state index in [2.05, 4.69) is 36.0 Å². The van der Waals surface area contributed by atoms with Crippen molar-refractivity contribution in [3.8, 4) is 0 Å². The quantitative estimate of drug-likeness (QED) is 0.451.